The Morgan fingerprint density at radius 2 is 1.82 bits per heavy atom. The van der Waals surface area contributed by atoms with Crippen LogP contribution in [0.5, 0.6) is 0 Å². The van der Waals surface area contributed by atoms with Gasteiger partial charge in [-0.05, 0) is 18.2 Å². The first kappa shape index (κ1) is 14.1. The topological polar surface area (TPSA) is 52.5 Å². The van der Waals surface area contributed by atoms with E-state index in [0.717, 1.165) is 18.2 Å². The van der Waals surface area contributed by atoms with Crippen molar-refractivity contribution in [3.8, 4) is 0 Å². The Hall–Kier alpha value is -0.980. The van der Waals surface area contributed by atoms with E-state index in [9.17, 15) is 13.2 Å². The van der Waals surface area contributed by atoms with Crippen LogP contribution in [-0.2, 0) is 6.18 Å². The Labute approximate surface area is 101 Å². The molecule has 3 N–H and O–H groups in total. The minimum absolute atomic E-state index is 0.0228. The Balaban J connectivity index is 2.98. The molecule has 1 aromatic rings. The zero-order valence-corrected chi connectivity index (χ0v) is 9.39. The van der Waals surface area contributed by atoms with Crippen LogP contribution in [0, 0.1) is 0 Å². The summed E-state index contributed by atoms with van der Waals surface area (Å²) in [6, 6.07) is 2.05. The molecular weight excluding hydrogens is 259 g/mol. The number of hydrogen-bond acceptors (Lipinski definition) is 3. The van der Waals surface area contributed by atoms with Crippen LogP contribution < -0.4 is 5.32 Å². The molecule has 0 aromatic heterocycles. The molecule has 0 fully saturated rings. The van der Waals surface area contributed by atoms with Crippen LogP contribution in [-0.4, -0.2) is 29.5 Å². The molecule has 0 radical (unpaired) electrons. The van der Waals surface area contributed by atoms with Crippen molar-refractivity contribution < 1.29 is 23.4 Å². The number of benzene rings is 1. The largest absolute Gasteiger partial charge is 0.416 e. The lowest BCUT2D eigenvalue weighted by Gasteiger charge is -2.17. The van der Waals surface area contributed by atoms with Crippen molar-refractivity contribution in [2.45, 2.75) is 12.2 Å². The normalized spacial score (nSPS) is 11.9. The Kier molecular flexibility index (Phi) is 4.62. The van der Waals surface area contributed by atoms with Crippen LogP contribution in [0.25, 0.3) is 0 Å². The van der Waals surface area contributed by atoms with Gasteiger partial charge in [-0.1, -0.05) is 11.6 Å². The summed E-state index contributed by atoms with van der Waals surface area (Å²) in [5, 5.41) is 20.3. The Bertz CT molecular complexity index is 380. The minimum Gasteiger partial charge on any atom is -0.394 e. The van der Waals surface area contributed by atoms with Crippen molar-refractivity contribution in [3.05, 3.63) is 28.8 Å². The standard InChI is InChI=1S/C10H11ClF3NO2/c11-8-2-1-6(10(12,13)14)3-9(8)15-7(4-16)5-17/h1-3,7,15-17H,4-5H2. The zero-order valence-electron chi connectivity index (χ0n) is 8.63. The Morgan fingerprint density at radius 1 is 1.24 bits per heavy atom. The molecule has 3 nitrogen and oxygen atoms in total. The van der Waals surface area contributed by atoms with Gasteiger partial charge >= 0.3 is 6.18 Å². The van der Waals surface area contributed by atoms with Gasteiger partial charge in [-0.3, -0.25) is 0 Å². The molecule has 96 valence electrons. The van der Waals surface area contributed by atoms with E-state index >= 15 is 0 Å². The number of nitrogens with one attached hydrogen (secondary N) is 1. The van der Waals surface area contributed by atoms with Gasteiger partial charge in [0.05, 0.1) is 35.5 Å². The lowest BCUT2D eigenvalue weighted by atomic mass is 10.2. The van der Waals surface area contributed by atoms with Gasteiger partial charge in [0.15, 0.2) is 0 Å². The molecule has 7 heteroatoms. The minimum atomic E-state index is -4.46. The third kappa shape index (κ3) is 3.76. The SMILES string of the molecule is OCC(CO)Nc1cc(C(F)(F)F)ccc1Cl. The first-order chi connectivity index (χ1) is 7.88. The predicted octanol–water partition coefficient (Wildman–Crippen LogP) is 2.12. The third-order valence-electron chi connectivity index (χ3n) is 2.09. The van der Waals surface area contributed by atoms with Gasteiger partial charge in [0.1, 0.15) is 0 Å². The molecule has 0 heterocycles. The van der Waals surface area contributed by atoms with Gasteiger partial charge in [0.2, 0.25) is 0 Å². The van der Waals surface area contributed by atoms with Gasteiger partial charge in [0, 0.05) is 0 Å². The fourth-order valence-electron chi connectivity index (χ4n) is 1.18. The van der Waals surface area contributed by atoms with Crippen molar-refractivity contribution in [1.29, 1.82) is 0 Å². The summed E-state index contributed by atoms with van der Waals surface area (Å²) >= 11 is 5.71. The molecule has 0 atom stereocenters. The number of hydrogen-bond donors (Lipinski definition) is 3. The maximum atomic E-state index is 12.4. The highest BCUT2D eigenvalue weighted by molar-refractivity contribution is 6.33. The second-order valence-electron chi connectivity index (χ2n) is 3.40. The molecule has 0 amide bonds. The van der Waals surface area contributed by atoms with Crippen LogP contribution in [0.2, 0.25) is 5.02 Å². The fraction of sp³-hybridized carbons (Fsp3) is 0.400. The summed E-state index contributed by atoms with van der Waals surface area (Å²) < 4.78 is 37.3. The smallest absolute Gasteiger partial charge is 0.394 e. The molecule has 0 bridgehead atoms. The molecule has 17 heavy (non-hydrogen) atoms. The maximum Gasteiger partial charge on any atom is 0.416 e. The maximum absolute atomic E-state index is 12.4. The number of rotatable bonds is 4. The number of halogens is 4. The first-order valence-corrected chi connectivity index (χ1v) is 5.11. The van der Waals surface area contributed by atoms with Crippen LogP contribution in [0.3, 0.4) is 0 Å². The monoisotopic (exact) mass is 269 g/mol. The second kappa shape index (κ2) is 5.57. The summed E-state index contributed by atoms with van der Waals surface area (Å²) in [4.78, 5) is 0. The quantitative estimate of drug-likeness (QED) is 0.785. The van der Waals surface area contributed by atoms with Gasteiger partial charge in [0.25, 0.3) is 0 Å². The number of aliphatic hydroxyl groups excluding tert-OH is 2. The molecule has 0 saturated heterocycles. The van der Waals surface area contributed by atoms with Crippen molar-refractivity contribution >= 4 is 17.3 Å². The van der Waals surface area contributed by atoms with Crippen LogP contribution in [0.15, 0.2) is 18.2 Å². The van der Waals surface area contributed by atoms with Crippen molar-refractivity contribution in [2.24, 2.45) is 0 Å². The van der Waals surface area contributed by atoms with E-state index in [1.165, 1.54) is 0 Å². The Morgan fingerprint density at radius 3 is 2.29 bits per heavy atom. The first-order valence-electron chi connectivity index (χ1n) is 4.73. The average molecular weight is 270 g/mol. The highest BCUT2D eigenvalue weighted by Gasteiger charge is 2.31. The van der Waals surface area contributed by atoms with Crippen LogP contribution in [0.1, 0.15) is 5.56 Å². The van der Waals surface area contributed by atoms with E-state index in [1.807, 2.05) is 0 Å². The van der Waals surface area contributed by atoms with E-state index in [2.05, 4.69) is 5.32 Å². The van der Waals surface area contributed by atoms with Crippen molar-refractivity contribution in [1.82, 2.24) is 0 Å². The molecule has 0 unspecified atom stereocenters. The molecule has 0 spiro atoms. The summed E-state index contributed by atoms with van der Waals surface area (Å²) in [5.41, 5.74) is -0.825. The van der Waals surface area contributed by atoms with Crippen molar-refractivity contribution in [2.75, 3.05) is 18.5 Å². The van der Waals surface area contributed by atoms with E-state index in [1.54, 1.807) is 0 Å². The molecule has 0 aliphatic rings. The predicted molar refractivity (Wildman–Crippen MR) is 58.0 cm³/mol. The van der Waals surface area contributed by atoms with E-state index in [4.69, 9.17) is 21.8 Å². The lowest BCUT2D eigenvalue weighted by molar-refractivity contribution is -0.137. The van der Waals surface area contributed by atoms with E-state index in [0.29, 0.717) is 0 Å². The second-order valence-corrected chi connectivity index (χ2v) is 3.81. The zero-order chi connectivity index (χ0) is 13.1. The van der Waals surface area contributed by atoms with Gasteiger partial charge in [-0.15, -0.1) is 0 Å². The molecule has 0 saturated carbocycles. The average Bonchev–Trinajstić information content (AvgIpc) is 2.26. The van der Waals surface area contributed by atoms with Gasteiger partial charge in [-0.2, -0.15) is 13.2 Å². The molecule has 1 aromatic carbocycles. The van der Waals surface area contributed by atoms with Gasteiger partial charge < -0.3 is 15.5 Å². The summed E-state index contributed by atoms with van der Waals surface area (Å²) in [6.45, 7) is -0.827. The molecule has 1 rings (SSSR count). The molecule has 0 aliphatic carbocycles. The van der Waals surface area contributed by atoms with Gasteiger partial charge in [-0.25, -0.2) is 0 Å². The number of anilines is 1. The molecule has 0 aliphatic heterocycles. The summed E-state index contributed by atoms with van der Waals surface area (Å²) in [6.07, 6.45) is -4.46. The fourth-order valence-corrected chi connectivity index (χ4v) is 1.35. The summed E-state index contributed by atoms with van der Waals surface area (Å²) in [5.74, 6) is 0. The van der Waals surface area contributed by atoms with E-state index in [-0.39, 0.29) is 10.7 Å². The highest BCUT2D eigenvalue weighted by atomic mass is 35.5. The highest BCUT2D eigenvalue weighted by Crippen LogP contribution is 2.33. The third-order valence-corrected chi connectivity index (χ3v) is 2.42. The van der Waals surface area contributed by atoms with E-state index < -0.39 is 31.0 Å². The van der Waals surface area contributed by atoms with Crippen LogP contribution >= 0.6 is 11.6 Å². The number of aliphatic hydroxyl groups is 2. The van der Waals surface area contributed by atoms with Crippen LogP contribution in [0.4, 0.5) is 18.9 Å². The molecular formula is C10H11ClF3NO2. The lowest BCUT2D eigenvalue weighted by Crippen LogP contribution is -2.27. The summed E-state index contributed by atoms with van der Waals surface area (Å²) in [7, 11) is 0. The van der Waals surface area contributed by atoms with Crippen molar-refractivity contribution in [3.63, 3.8) is 0 Å². The number of alkyl halides is 3.